The predicted octanol–water partition coefficient (Wildman–Crippen LogP) is 2.58. The van der Waals surface area contributed by atoms with Gasteiger partial charge in [0.15, 0.2) is 0 Å². The van der Waals surface area contributed by atoms with Crippen LogP contribution in [0, 0.1) is 15.7 Å². The fraction of sp³-hybridized carbons (Fsp3) is 0.417. The van der Waals surface area contributed by atoms with E-state index in [0.29, 0.717) is 12.2 Å². The number of rotatable bonds is 1. The molecule has 1 aromatic carbocycles. The summed E-state index contributed by atoms with van der Waals surface area (Å²) in [6, 6.07) is 4.65. The first-order valence-electron chi connectivity index (χ1n) is 5.69. The van der Waals surface area contributed by atoms with Crippen molar-refractivity contribution in [2.24, 2.45) is 5.73 Å². The third-order valence-corrected chi connectivity index (χ3v) is 3.62. The van der Waals surface area contributed by atoms with E-state index in [1.165, 1.54) is 6.07 Å². The van der Waals surface area contributed by atoms with Crippen LogP contribution >= 0.6 is 8.26 Å². The zero-order valence-corrected chi connectivity index (χ0v) is 11.1. The molecule has 0 radical (unpaired) electrons. The standard InChI is InChI=1S/C12H15N2O3P/c1-12(13)5-2-6-18-17-11-4-3-10(14(15)16)7-9(11)8-12/h3-4,7,18H,2,5,8,13H2,1H3. The summed E-state index contributed by atoms with van der Waals surface area (Å²) in [4.78, 5) is 10.4. The SMILES string of the molecule is CC1(N)CCC#[PH]Oc2ccc([N+](=O)[O-])cc2C1. The Kier molecular flexibility index (Phi) is 3.58. The molecule has 18 heavy (non-hydrogen) atoms. The molecule has 0 fully saturated rings. The second kappa shape index (κ2) is 4.99. The summed E-state index contributed by atoms with van der Waals surface area (Å²) in [5.74, 6) is 0.671. The number of nitrogens with two attached hydrogens (primary N) is 1. The minimum Gasteiger partial charge on any atom is -0.446 e. The van der Waals surface area contributed by atoms with Crippen molar-refractivity contribution in [2.45, 2.75) is 31.7 Å². The van der Waals surface area contributed by atoms with Crippen LogP contribution in [0.5, 0.6) is 5.75 Å². The van der Waals surface area contributed by atoms with Gasteiger partial charge < -0.3 is 10.3 Å². The molecule has 2 rings (SSSR count). The van der Waals surface area contributed by atoms with Gasteiger partial charge in [0.05, 0.1) is 13.2 Å². The van der Waals surface area contributed by atoms with Crippen molar-refractivity contribution >= 4 is 14.0 Å². The fourth-order valence-electron chi connectivity index (χ4n) is 1.93. The smallest absolute Gasteiger partial charge is 0.269 e. The first-order valence-corrected chi connectivity index (χ1v) is 6.60. The maximum absolute atomic E-state index is 10.8. The number of non-ortho nitro benzene ring substituents is 1. The number of fused-ring (bicyclic) bond motifs is 1. The third-order valence-electron chi connectivity index (χ3n) is 2.90. The van der Waals surface area contributed by atoms with Gasteiger partial charge in [-0.05, 0) is 25.8 Å². The van der Waals surface area contributed by atoms with E-state index in [1.807, 2.05) is 6.92 Å². The van der Waals surface area contributed by atoms with Gasteiger partial charge in [0.1, 0.15) is 5.75 Å². The molecule has 1 aliphatic rings. The van der Waals surface area contributed by atoms with Crippen LogP contribution in [-0.4, -0.2) is 10.5 Å². The molecular formula is C12H15N2O3P. The lowest BCUT2D eigenvalue weighted by Crippen LogP contribution is -2.38. The Labute approximate surface area is 107 Å². The Balaban J connectivity index is 2.43. The predicted molar refractivity (Wildman–Crippen MR) is 71.5 cm³/mol. The van der Waals surface area contributed by atoms with Crippen LogP contribution in [0.15, 0.2) is 18.2 Å². The monoisotopic (exact) mass is 266 g/mol. The summed E-state index contributed by atoms with van der Waals surface area (Å²) in [7, 11) is 0.145. The third kappa shape index (κ3) is 3.02. The fourth-order valence-corrected chi connectivity index (χ4v) is 2.54. The highest BCUT2D eigenvalue weighted by Gasteiger charge is 2.23. The van der Waals surface area contributed by atoms with Gasteiger partial charge in [0.25, 0.3) is 5.69 Å². The molecule has 5 nitrogen and oxygen atoms in total. The Morgan fingerprint density at radius 2 is 2.39 bits per heavy atom. The summed E-state index contributed by atoms with van der Waals surface area (Å²) >= 11 is 0. The molecule has 0 spiro atoms. The Morgan fingerprint density at radius 1 is 1.61 bits per heavy atom. The molecule has 96 valence electrons. The van der Waals surface area contributed by atoms with Gasteiger partial charge in [0.2, 0.25) is 0 Å². The molecule has 2 atom stereocenters. The maximum atomic E-state index is 10.8. The van der Waals surface area contributed by atoms with E-state index in [4.69, 9.17) is 10.3 Å². The number of nitrogens with zero attached hydrogens (tertiary/aromatic N) is 1. The molecule has 2 N–H and O–H groups in total. The first-order chi connectivity index (χ1) is 8.48. The van der Waals surface area contributed by atoms with Crippen molar-refractivity contribution in [1.82, 2.24) is 0 Å². The average Bonchev–Trinajstić information content (AvgIpc) is 2.35. The minimum absolute atomic E-state index is 0.0729. The zero-order chi connectivity index (χ0) is 13.2. The van der Waals surface area contributed by atoms with Gasteiger partial charge in [-0.15, -0.1) is 0 Å². The molecule has 0 bridgehead atoms. The van der Waals surface area contributed by atoms with Crippen molar-refractivity contribution in [3.05, 3.63) is 33.9 Å². The lowest BCUT2D eigenvalue weighted by Gasteiger charge is -2.23. The molecule has 0 amide bonds. The lowest BCUT2D eigenvalue weighted by atomic mass is 9.89. The van der Waals surface area contributed by atoms with E-state index in [2.05, 4.69) is 5.63 Å². The van der Waals surface area contributed by atoms with Crippen molar-refractivity contribution in [1.29, 1.82) is 0 Å². The average molecular weight is 266 g/mol. The van der Waals surface area contributed by atoms with Gasteiger partial charge in [-0.25, -0.2) is 0 Å². The van der Waals surface area contributed by atoms with Crippen molar-refractivity contribution in [2.75, 3.05) is 0 Å². The van der Waals surface area contributed by atoms with Gasteiger partial charge >= 0.3 is 0 Å². The molecule has 0 aliphatic carbocycles. The molecule has 0 saturated heterocycles. The largest absolute Gasteiger partial charge is 0.446 e. The van der Waals surface area contributed by atoms with E-state index >= 15 is 0 Å². The highest BCUT2D eigenvalue weighted by Crippen LogP contribution is 2.31. The second-order valence-electron chi connectivity index (χ2n) is 4.76. The molecule has 2 unspecified atom stereocenters. The van der Waals surface area contributed by atoms with E-state index in [0.717, 1.165) is 18.4 Å². The maximum Gasteiger partial charge on any atom is 0.269 e. The Morgan fingerprint density at radius 3 is 3.11 bits per heavy atom. The van der Waals surface area contributed by atoms with Crippen molar-refractivity contribution in [3.63, 3.8) is 0 Å². The van der Waals surface area contributed by atoms with E-state index in [9.17, 15) is 10.1 Å². The van der Waals surface area contributed by atoms with Crippen molar-refractivity contribution < 1.29 is 9.45 Å². The van der Waals surface area contributed by atoms with E-state index in [1.54, 1.807) is 12.1 Å². The number of hydrogen-bond acceptors (Lipinski definition) is 4. The Bertz CT molecular complexity index is 546. The molecule has 1 heterocycles. The summed E-state index contributed by atoms with van der Waals surface area (Å²) in [6.45, 7) is 1.95. The van der Waals surface area contributed by atoms with Gasteiger partial charge in [-0.1, -0.05) is 5.63 Å². The second-order valence-corrected chi connectivity index (χ2v) is 5.52. The number of nitro benzene ring substituents is 1. The Hall–Kier alpha value is -1.54. The first kappa shape index (κ1) is 12.9. The van der Waals surface area contributed by atoms with Crippen molar-refractivity contribution in [3.8, 4) is 11.4 Å². The van der Waals surface area contributed by atoms with Gasteiger partial charge in [-0.3, -0.25) is 10.1 Å². The number of hydrogen-bond donors (Lipinski definition) is 1. The van der Waals surface area contributed by atoms with Gasteiger partial charge in [-0.2, -0.15) is 0 Å². The van der Waals surface area contributed by atoms with Crippen LogP contribution in [0.3, 0.4) is 0 Å². The van der Waals surface area contributed by atoms with Crippen LogP contribution in [0.1, 0.15) is 25.3 Å². The lowest BCUT2D eigenvalue weighted by molar-refractivity contribution is -0.384. The highest BCUT2D eigenvalue weighted by molar-refractivity contribution is 7.20. The summed E-state index contributed by atoms with van der Waals surface area (Å²) in [5, 5.41) is 10.8. The van der Waals surface area contributed by atoms with Crippen LogP contribution in [0.25, 0.3) is 0 Å². The summed E-state index contributed by atoms with van der Waals surface area (Å²) in [6.07, 6.45) is 2.14. The summed E-state index contributed by atoms with van der Waals surface area (Å²) < 4.78 is 5.58. The van der Waals surface area contributed by atoms with Crippen LogP contribution in [0.2, 0.25) is 0 Å². The minimum atomic E-state index is -0.401. The van der Waals surface area contributed by atoms with Crippen LogP contribution < -0.4 is 10.3 Å². The van der Waals surface area contributed by atoms with Crippen LogP contribution in [-0.2, 0) is 6.42 Å². The van der Waals surface area contributed by atoms with Crippen LogP contribution in [0.4, 0.5) is 5.69 Å². The van der Waals surface area contributed by atoms with Gasteiger partial charge in [0, 0.05) is 29.7 Å². The topological polar surface area (TPSA) is 78.4 Å². The quantitative estimate of drug-likeness (QED) is 0.481. The molecule has 0 aromatic heterocycles. The highest BCUT2D eigenvalue weighted by atomic mass is 31.1. The molecule has 6 heteroatoms. The molecule has 0 saturated carbocycles. The number of nitro groups is 1. The number of benzene rings is 1. The molecular weight excluding hydrogens is 251 g/mol. The molecule has 1 aromatic rings. The van der Waals surface area contributed by atoms with E-state index in [-0.39, 0.29) is 14.0 Å². The molecule has 1 aliphatic heterocycles. The normalized spacial score (nSPS) is 23.7. The van der Waals surface area contributed by atoms with E-state index < -0.39 is 10.5 Å². The zero-order valence-electron chi connectivity index (χ0n) is 10.1. The summed E-state index contributed by atoms with van der Waals surface area (Å²) in [5.41, 5.74) is 9.82.